The van der Waals surface area contributed by atoms with Crippen LogP contribution in [0.25, 0.3) is 0 Å². The van der Waals surface area contributed by atoms with Crippen LogP contribution in [0.15, 0.2) is 0 Å². The maximum absolute atomic E-state index is 12.5. The van der Waals surface area contributed by atoms with E-state index in [9.17, 15) is 18.0 Å². The Labute approximate surface area is 91.3 Å². The van der Waals surface area contributed by atoms with Crippen molar-refractivity contribution in [1.82, 2.24) is 5.32 Å². The van der Waals surface area contributed by atoms with Crippen molar-refractivity contribution in [2.45, 2.75) is 49.9 Å². The number of halogens is 3. The molecule has 0 spiro atoms. The fourth-order valence-electron chi connectivity index (χ4n) is 2.04. The first-order chi connectivity index (χ1) is 7.46. The third-order valence-electron chi connectivity index (χ3n) is 3.20. The number of nitrogens with one attached hydrogen (secondary N) is 1. The minimum Gasteiger partial charge on any atom is -0.351 e. The molecule has 92 valence electrons. The molecule has 3 nitrogen and oxygen atoms in total. The molecule has 1 heterocycles. The molecule has 16 heavy (non-hydrogen) atoms. The van der Waals surface area contributed by atoms with Crippen LogP contribution in [0.4, 0.5) is 13.2 Å². The first-order valence-electron chi connectivity index (χ1n) is 5.47. The van der Waals surface area contributed by atoms with Gasteiger partial charge in [-0.15, -0.1) is 0 Å². The van der Waals surface area contributed by atoms with Gasteiger partial charge in [0.1, 0.15) is 0 Å². The van der Waals surface area contributed by atoms with E-state index in [1.807, 2.05) is 0 Å². The van der Waals surface area contributed by atoms with E-state index in [-0.39, 0.29) is 6.04 Å². The monoisotopic (exact) mass is 237 g/mol. The summed E-state index contributed by atoms with van der Waals surface area (Å²) in [4.78, 5) is 11.5. The molecule has 1 saturated carbocycles. The molecule has 1 atom stereocenters. The second-order valence-corrected chi connectivity index (χ2v) is 4.42. The standard InChI is InChI=1S/C10H14F3NO2/c11-10(12,13)9(6-16-9)8(15)14-7-4-2-1-3-5-7/h7H,1-6H2,(H,14,15)/t9-/m1/s1. The van der Waals surface area contributed by atoms with Gasteiger partial charge in [-0.05, 0) is 12.8 Å². The topological polar surface area (TPSA) is 41.6 Å². The number of carbonyl (C=O) groups is 1. The molecular weight excluding hydrogens is 223 g/mol. The van der Waals surface area contributed by atoms with Crippen molar-refractivity contribution < 1.29 is 22.7 Å². The first kappa shape index (κ1) is 11.7. The number of hydrogen-bond acceptors (Lipinski definition) is 2. The molecule has 2 aliphatic rings. The van der Waals surface area contributed by atoms with E-state index in [1.165, 1.54) is 0 Å². The van der Waals surface area contributed by atoms with Gasteiger partial charge < -0.3 is 10.1 Å². The van der Waals surface area contributed by atoms with Crippen molar-refractivity contribution in [2.24, 2.45) is 0 Å². The summed E-state index contributed by atoms with van der Waals surface area (Å²) >= 11 is 0. The Morgan fingerprint density at radius 2 is 1.81 bits per heavy atom. The van der Waals surface area contributed by atoms with Gasteiger partial charge in [-0.3, -0.25) is 4.79 Å². The average Bonchev–Trinajstić information content (AvgIpc) is 2.98. The Bertz CT molecular complexity index is 280. The predicted octanol–water partition coefficient (Wildman–Crippen LogP) is 1.77. The van der Waals surface area contributed by atoms with E-state index in [2.05, 4.69) is 10.1 Å². The zero-order valence-corrected chi connectivity index (χ0v) is 8.77. The maximum atomic E-state index is 12.5. The Balaban J connectivity index is 1.93. The molecule has 2 rings (SSSR count). The van der Waals surface area contributed by atoms with E-state index in [0.717, 1.165) is 32.1 Å². The van der Waals surface area contributed by atoms with Gasteiger partial charge in [0.05, 0.1) is 6.61 Å². The molecule has 1 N–H and O–H groups in total. The van der Waals surface area contributed by atoms with Gasteiger partial charge in [0.15, 0.2) is 0 Å². The molecule has 0 aromatic rings. The van der Waals surface area contributed by atoms with Gasteiger partial charge in [0, 0.05) is 6.04 Å². The van der Waals surface area contributed by atoms with Crippen molar-refractivity contribution in [1.29, 1.82) is 0 Å². The number of rotatable bonds is 2. The number of amides is 1. The van der Waals surface area contributed by atoms with Gasteiger partial charge >= 0.3 is 6.18 Å². The van der Waals surface area contributed by atoms with Crippen LogP contribution >= 0.6 is 0 Å². The lowest BCUT2D eigenvalue weighted by Gasteiger charge is -2.25. The van der Waals surface area contributed by atoms with E-state index < -0.39 is 24.3 Å². The Morgan fingerprint density at radius 3 is 2.25 bits per heavy atom. The molecule has 2 fully saturated rings. The zero-order valence-electron chi connectivity index (χ0n) is 8.77. The summed E-state index contributed by atoms with van der Waals surface area (Å²) in [6, 6.07) is -0.121. The highest BCUT2D eigenvalue weighted by Crippen LogP contribution is 2.43. The summed E-state index contributed by atoms with van der Waals surface area (Å²) in [5.41, 5.74) is -2.55. The third kappa shape index (κ3) is 2.03. The lowest BCUT2D eigenvalue weighted by Crippen LogP contribution is -2.51. The van der Waals surface area contributed by atoms with Gasteiger partial charge in [0.2, 0.25) is 0 Å². The summed E-state index contributed by atoms with van der Waals surface area (Å²) in [6.45, 7) is -0.547. The molecule has 0 unspecified atom stereocenters. The molecule has 0 bridgehead atoms. The highest BCUT2D eigenvalue weighted by Gasteiger charge is 2.71. The molecule has 1 amide bonds. The summed E-state index contributed by atoms with van der Waals surface area (Å²) in [5.74, 6) is -1.02. The van der Waals surface area contributed by atoms with Crippen LogP contribution < -0.4 is 5.32 Å². The lowest BCUT2D eigenvalue weighted by molar-refractivity contribution is -0.190. The Morgan fingerprint density at radius 1 is 1.25 bits per heavy atom. The van der Waals surface area contributed by atoms with E-state index in [0.29, 0.717) is 0 Å². The van der Waals surface area contributed by atoms with Gasteiger partial charge in [0.25, 0.3) is 11.5 Å². The molecule has 0 radical (unpaired) electrons. The van der Waals surface area contributed by atoms with Crippen molar-refractivity contribution in [2.75, 3.05) is 6.61 Å². The zero-order chi connectivity index (χ0) is 11.8. The molecule has 1 aliphatic carbocycles. The number of ether oxygens (including phenoxy) is 1. The van der Waals surface area contributed by atoms with Crippen LogP contribution in [0.5, 0.6) is 0 Å². The van der Waals surface area contributed by atoms with Crippen LogP contribution in [0.3, 0.4) is 0 Å². The van der Waals surface area contributed by atoms with E-state index >= 15 is 0 Å². The van der Waals surface area contributed by atoms with Crippen LogP contribution in [-0.4, -0.2) is 30.3 Å². The summed E-state index contributed by atoms with van der Waals surface area (Å²) < 4.78 is 41.9. The van der Waals surface area contributed by atoms with Crippen molar-refractivity contribution in [3.8, 4) is 0 Å². The number of alkyl halides is 3. The van der Waals surface area contributed by atoms with E-state index in [4.69, 9.17) is 0 Å². The van der Waals surface area contributed by atoms with Crippen molar-refractivity contribution in [3.05, 3.63) is 0 Å². The molecule has 0 aromatic carbocycles. The molecule has 1 saturated heterocycles. The van der Waals surface area contributed by atoms with Crippen molar-refractivity contribution >= 4 is 5.91 Å². The minimum atomic E-state index is -4.61. The van der Waals surface area contributed by atoms with Crippen LogP contribution in [0.2, 0.25) is 0 Å². The minimum absolute atomic E-state index is 0.121. The van der Waals surface area contributed by atoms with Crippen LogP contribution in [-0.2, 0) is 9.53 Å². The predicted molar refractivity (Wildman–Crippen MR) is 49.8 cm³/mol. The highest BCUT2D eigenvalue weighted by molar-refractivity contribution is 5.89. The highest BCUT2D eigenvalue weighted by atomic mass is 19.4. The Hall–Kier alpha value is -0.780. The SMILES string of the molecule is O=C(NC1CCCCC1)[C@@]1(C(F)(F)F)CO1. The smallest absolute Gasteiger partial charge is 0.351 e. The molecule has 1 aliphatic heterocycles. The maximum Gasteiger partial charge on any atom is 0.428 e. The van der Waals surface area contributed by atoms with E-state index in [1.54, 1.807) is 0 Å². The number of epoxide rings is 1. The first-order valence-corrected chi connectivity index (χ1v) is 5.47. The summed E-state index contributed by atoms with van der Waals surface area (Å²) in [6.07, 6.45) is -0.0615. The normalized spacial score (nSPS) is 31.2. The fraction of sp³-hybridized carbons (Fsp3) is 0.900. The van der Waals surface area contributed by atoms with Gasteiger partial charge in [-0.2, -0.15) is 13.2 Å². The largest absolute Gasteiger partial charge is 0.428 e. The van der Waals surface area contributed by atoms with Crippen LogP contribution in [0.1, 0.15) is 32.1 Å². The van der Waals surface area contributed by atoms with Crippen LogP contribution in [0, 0.1) is 0 Å². The lowest BCUT2D eigenvalue weighted by atomic mass is 9.95. The molecule has 0 aromatic heterocycles. The van der Waals surface area contributed by atoms with Gasteiger partial charge in [-0.1, -0.05) is 19.3 Å². The molecular formula is C10H14F3NO2. The summed E-state index contributed by atoms with van der Waals surface area (Å²) in [7, 11) is 0. The number of hydrogen-bond donors (Lipinski definition) is 1. The quantitative estimate of drug-likeness (QED) is 0.743. The second-order valence-electron chi connectivity index (χ2n) is 4.42. The van der Waals surface area contributed by atoms with Crippen molar-refractivity contribution in [3.63, 3.8) is 0 Å². The Kier molecular flexibility index (Phi) is 2.86. The third-order valence-corrected chi connectivity index (χ3v) is 3.20. The number of carbonyl (C=O) groups excluding carboxylic acids is 1. The summed E-state index contributed by atoms with van der Waals surface area (Å²) in [5, 5.41) is 2.44. The second kappa shape index (κ2) is 3.91. The fourth-order valence-corrected chi connectivity index (χ4v) is 2.04. The average molecular weight is 237 g/mol. The molecule has 6 heteroatoms. The van der Waals surface area contributed by atoms with Gasteiger partial charge in [-0.25, -0.2) is 0 Å².